The third-order valence-corrected chi connectivity index (χ3v) is 6.64. The Hall–Kier alpha value is -2.45. The van der Waals surface area contributed by atoms with Gasteiger partial charge in [-0.15, -0.1) is 11.3 Å². The monoisotopic (exact) mass is 429 g/mol. The summed E-state index contributed by atoms with van der Waals surface area (Å²) >= 11 is 1.51. The predicted octanol–water partition coefficient (Wildman–Crippen LogP) is 3.58. The van der Waals surface area contributed by atoms with Gasteiger partial charge < -0.3 is 20.1 Å². The first-order valence-electron chi connectivity index (χ1n) is 10.6. The Morgan fingerprint density at radius 3 is 2.93 bits per heavy atom. The number of pyridine rings is 1. The first-order valence-corrected chi connectivity index (χ1v) is 11.4. The number of nitrogens with zero attached hydrogens (tertiary/aromatic N) is 1. The molecule has 1 fully saturated rings. The number of nitrogens with one attached hydrogen (secondary N) is 2. The lowest BCUT2D eigenvalue weighted by atomic mass is 9.95. The molecule has 160 valence electrons. The second kappa shape index (κ2) is 9.57. The number of fused-ring (bicyclic) bond motifs is 1. The van der Waals surface area contributed by atoms with Crippen molar-refractivity contribution in [2.24, 2.45) is 0 Å². The van der Waals surface area contributed by atoms with Crippen molar-refractivity contribution < 1.29 is 19.1 Å². The lowest BCUT2D eigenvalue weighted by molar-refractivity contribution is 0.0858. The van der Waals surface area contributed by atoms with Crippen LogP contribution >= 0.6 is 11.3 Å². The van der Waals surface area contributed by atoms with Gasteiger partial charge in [-0.25, -0.2) is 4.98 Å². The highest BCUT2D eigenvalue weighted by Crippen LogP contribution is 2.38. The largest absolute Gasteiger partial charge is 0.477 e. The topological polar surface area (TPSA) is 89.5 Å². The molecule has 2 aromatic rings. The zero-order valence-corrected chi connectivity index (χ0v) is 18.0. The second-order valence-corrected chi connectivity index (χ2v) is 8.61. The number of thiophene rings is 1. The normalized spacial score (nSPS) is 18.0. The Labute approximate surface area is 180 Å². The number of hydrogen-bond donors (Lipinski definition) is 2. The molecular formula is C22H27N3O4S. The van der Waals surface area contributed by atoms with E-state index in [4.69, 9.17) is 9.47 Å². The number of carbonyl (C=O) groups is 2. The molecule has 1 aliphatic carbocycles. The molecule has 3 heterocycles. The van der Waals surface area contributed by atoms with Gasteiger partial charge in [-0.05, 0) is 63.1 Å². The molecule has 8 heteroatoms. The van der Waals surface area contributed by atoms with E-state index in [-0.39, 0.29) is 17.9 Å². The van der Waals surface area contributed by atoms with Crippen LogP contribution in [0.25, 0.3) is 0 Å². The molecule has 30 heavy (non-hydrogen) atoms. The SMILES string of the molecule is CCOc1ncccc1C(=O)Nc1sc2c(c1C(=O)NC[C@@H]1CCCO1)CCCC2. The summed E-state index contributed by atoms with van der Waals surface area (Å²) in [5.74, 6) is -0.169. The van der Waals surface area contributed by atoms with Crippen LogP contribution in [0.15, 0.2) is 18.3 Å². The van der Waals surface area contributed by atoms with E-state index in [1.165, 1.54) is 16.2 Å². The zero-order chi connectivity index (χ0) is 20.9. The van der Waals surface area contributed by atoms with Crippen LogP contribution in [0.4, 0.5) is 5.00 Å². The van der Waals surface area contributed by atoms with E-state index < -0.39 is 0 Å². The molecule has 2 N–H and O–H groups in total. The zero-order valence-electron chi connectivity index (χ0n) is 17.2. The van der Waals surface area contributed by atoms with Gasteiger partial charge in [0.15, 0.2) is 0 Å². The highest BCUT2D eigenvalue weighted by atomic mass is 32.1. The van der Waals surface area contributed by atoms with Crippen LogP contribution in [0.3, 0.4) is 0 Å². The molecular weight excluding hydrogens is 402 g/mol. The Morgan fingerprint density at radius 1 is 1.27 bits per heavy atom. The van der Waals surface area contributed by atoms with E-state index in [0.29, 0.717) is 35.2 Å². The van der Waals surface area contributed by atoms with Crippen LogP contribution in [0.2, 0.25) is 0 Å². The molecule has 2 aromatic heterocycles. The van der Waals surface area contributed by atoms with Crippen molar-refractivity contribution in [3.63, 3.8) is 0 Å². The number of amides is 2. The molecule has 4 rings (SSSR count). The van der Waals surface area contributed by atoms with Crippen molar-refractivity contribution in [1.29, 1.82) is 0 Å². The van der Waals surface area contributed by atoms with Gasteiger partial charge in [-0.1, -0.05) is 0 Å². The van der Waals surface area contributed by atoms with Gasteiger partial charge in [-0.2, -0.15) is 0 Å². The first kappa shape index (κ1) is 20.8. The molecule has 2 aliphatic rings. The van der Waals surface area contributed by atoms with Gasteiger partial charge in [0.25, 0.3) is 11.8 Å². The predicted molar refractivity (Wildman–Crippen MR) is 116 cm³/mol. The van der Waals surface area contributed by atoms with Gasteiger partial charge >= 0.3 is 0 Å². The van der Waals surface area contributed by atoms with Crippen molar-refractivity contribution in [3.8, 4) is 5.88 Å². The van der Waals surface area contributed by atoms with Gasteiger partial charge in [0, 0.05) is 24.2 Å². The number of anilines is 1. The average Bonchev–Trinajstić information content (AvgIpc) is 3.40. The first-order chi connectivity index (χ1) is 14.7. The molecule has 1 saturated heterocycles. The molecule has 7 nitrogen and oxygen atoms in total. The number of rotatable bonds is 7. The molecule has 0 spiro atoms. The molecule has 0 radical (unpaired) electrons. The van der Waals surface area contributed by atoms with Crippen molar-refractivity contribution >= 4 is 28.2 Å². The fraction of sp³-hybridized carbons (Fsp3) is 0.500. The standard InChI is InChI=1S/C22H27N3O4S/c1-2-28-21-16(9-5-11-23-21)19(26)25-22-18(15-8-3-4-10-17(15)30-22)20(27)24-13-14-7-6-12-29-14/h5,9,11,14H,2-4,6-8,10,12-13H2,1H3,(H,24,27)(H,25,26)/t14-/m0/s1. The average molecular weight is 430 g/mol. The Morgan fingerprint density at radius 2 is 2.13 bits per heavy atom. The fourth-order valence-electron chi connectivity index (χ4n) is 3.98. The fourth-order valence-corrected chi connectivity index (χ4v) is 5.26. The van der Waals surface area contributed by atoms with E-state index in [2.05, 4.69) is 15.6 Å². The second-order valence-electron chi connectivity index (χ2n) is 7.50. The molecule has 0 unspecified atom stereocenters. The summed E-state index contributed by atoms with van der Waals surface area (Å²) in [6, 6.07) is 3.38. The van der Waals surface area contributed by atoms with Crippen LogP contribution in [0.5, 0.6) is 5.88 Å². The quantitative estimate of drug-likeness (QED) is 0.702. The summed E-state index contributed by atoms with van der Waals surface area (Å²) in [7, 11) is 0. The minimum Gasteiger partial charge on any atom is -0.477 e. The maximum absolute atomic E-state index is 13.1. The van der Waals surface area contributed by atoms with Crippen molar-refractivity contribution in [1.82, 2.24) is 10.3 Å². The number of aromatic nitrogens is 1. The van der Waals surface area contributed by atoms with Crippen LogP contribution < -0.4 is 15.4 Å². The molecule has 2 amide bonds. The van der Waals surface area contributed by atoms with Gasteiger partial charge in [0.2, 0.25) is 5.88 Å². The third kappa shape index (κ3) is 4.49. The lowest BCUT2D eigenvalue weighted by Crippen LogP contribution is -2.32. The molecule has 1 atom stereocenters. The Balaban J connectivity index is 1.57. The number of aryl methyl sites for hydroxylation is 1. The maximum atomic E-state index is 13.1. The van der Waals surface area contributed by atoms with Gasteiger partial charge in [0.1, 0.15) is 10.6 Å². The summed E-state index contributed by atoms with van der Waals surface area (Å²) in [6.45, 7) is 3.51. The van der Waals surface area contributed by atoms with Crippen molar-refractivity contribution in [2.45, 2.75) is 51.6 Å². The lowest BCUT2D eigenvalue weighted by Gasteiger charge is -2.15. The summed E-state index contributed by atoms with van der Waals surface area (Å²) in [6.07, 6.45) is 7.63. The van der Waals surface area contributed by atoms with Gasteiger partial charge in [-0.3, -0.25) is 9.59 Å². The Bertz CT molecular complexity index is 921. The van der Waals surface area contributed by atoms with Crippen LogP contribution in [-0.2, 0) is 17.6 Å². The van der Waals surface area contributed by atoms with E-state index >= 15 is 0 Å². The number of hydrogen-bond acceptors (Lipinski definition) is 6. The number of carbonyl (C=O) groups excluding carboxylic acids is 2. The van der Waals surface area contributed by atoms with Crippen LogP contribution in [0.1, 0.15) is 63.8 Å². The smallest absolute Gasteiger partial charge is 0.261 e. The van der Waals surface area contributed by atoms with Crippen LogP contribution in [-0.4, -0.2) is 42.7 Å². The molecule has 0 aromatic carbocycles. The summed E-state index contributed by atoms with van der Waals surface area (Å²) in [4.78, 5) is 31.4. The van der Waals surface area contributed by atoms with Crippen molar-refractivity contribution in [2.75, 3.05) is 25.1 Å². The summed E-state index contributed by atoms with van der Waals surface area (Å²) in [5.41, 5.74) is 2.03. The minimum absolute atomic E-state index is 0.0746. The van der Waals surface area contributed by atoms with E-state index in [1.54, 1.807) is 18.3 Å². The minimum atomic E-state index is -0.321. The number of ether oxygens (including phenoxy) is 2. The Kier molecular flexibility index (Phi) is 6.64. The highest BCUT2D eigenvalue weighted by molar-refractivity contribution is 7.17. The molecule has 0 saturated carbocycles. The van der Waals surface area contributed by atoms with Gasteiger partial charge in [0.05, 0.1) is 18.3 Å². The van der Waals surface area contributed by atoms with E-state index in [0.717, 1.165) is 50.7 Å². The molecule has 1 aliphatic heterocycles. The molecule has 0 bridgehead atoms. The van der Waals surface area contributed by atoms with Crippen LogP contribution in [0, 0.1) is 0 Å². The summed E-state index contributed by atoms with van der Waals surface area (Å²) in [5, 5.41) is 6.58. The van der Waals surface area contributed by atoms with Crippen molar-refractivity contribution in [3.05, 3.63) is 39.9 Å². The third-order valence-electron chi connectivity index (χ3n) is 5.44. The highest BCUT2D eigenvalue weighted by Gasteiger charge is 2.28. The maximum Gasteiger partial charge on any atom is 0.261 e. The summed E-state index contributed by atoms with van der Waals surface area (Å²) < 4.78 is 11.1. The van der Waals surface area contributed by atoms with E-state index in [9.17, 15) is 9.59 Å². The van der Waals surface area contributed by atoms with E-state index in [1.807, 2.05) is 6.92 Å².